The molecule has 0 aliphatic carbocycles. The molecule has 1 aliphatic heterocycles. The highest BCUT2D eigenvalue weighted by atomic mass is 16.6. The number of hydrogen-bond donors (Lipinski definition) is 0. The van der Waals surface area contributed by atoms with Crippen LogP contribution in [0.1, 0.15) is 0 Å². The fourth-order valence-corrected chi connectivity index (χ4v) is 0.996. The predicted molar refractivity (Wildman–Crippen MR) is 43.1 cm³/mol. The van der Waals surface area contributed by atoms with Crippen molar-refractivity contribution in [2.24, 2.45) is 0 Å². The average Bonchev–Trinajstić information content (AvgIpc) is 2.15. The van der Waals surface area contributed by atoms with Crippen LogP contribution in [0.5, 0.6) is 0 Å². The highest BCUT2D eigenvalue weighted by molar-refractivity contribution is 5.11. The van der Waals surface area contributed by atoms with Gasteiger partial charge in [0.15, 0.2) is 6.07 Å². The minimum atomic E-state index is -0.685. The van der Waals surface area contributed by atoms with Gasteiger partial charge < -0.3 is 9.64 Å². The zero-order chi connectivity index (χ0) is 9.68. The topological polar surface area (TPSA) is 79.4 Å². The summed E-state index contributed by atoms with van der Waals surface area (Å²) in [4.78, 5) is 11.3. The molecule has 0 saturated carbocycles. The van der Waals surface area contributed by atoms with Crippen LogP contribution in [0.15, 0.2) is 11.9 Å². The third-order valence-corrected chi connectivity index (χ3v) is 1.66. The van der Waals surface area contributed by atoms with Crippen molar-refractivity contribution in [2.45, 2.75) is 0 Å². The molecule has 0 bridgehead atoms. The van der Waals surface area contributed by atoms with E-state index in [9.17, 15) is 10.1 Å². The molecule has 1 aliphatic rings. The molecule has 70 valence electrons. The molecule has 1 saturated heterocycles. The summed E-state index contributed by atoms with van der Waals surface area (Å²) in [5.74, 6) is 0. The number of nitrogens with zero attached hydrogens (tertiary/aromatic N) is 3. The Morgan fingerprint density at radius 3 is 2.69 bits per heavy atom. The van der Waals surface area contributed by atoms with Crippen molar-refractivity contribution in [1.82, 2.24) is 4.90 Å². The predicted octanol–water partition coefficient (Wildman–Crippen LogP) is -0.0397. The van der Waals surface area contributed by atoms with Gasteiger partial charge in [-0.15, -0.1) is 0 Å². The maximum Gasteiger partial charge on any atom is 0.361 e. The van der Waals surface area contributed by atoms with E-state index in [1.165, 1.54) is 12.3 Å². The molecule has 1 heterocycles. The summed E-state index contributed by atoms with van der Waals surface area (Å²) in [5, 5.41) is 18.7. The fraction of sp³-hybridized carbons (Fsp3) is 0.571. The number of nitro groups is 1. The van der Waals surface area contributed by atoms with Crippen molar-refractivity contribution in [3.8, 4) is 6.07 Å². The van der Waals surface area contributed by atoms with E-state index in [-0.39, 0.29) is 0 Å². The molecule has 0 unspecified atom stereocenters. The van der Waals surface area contributed by atoms with Crippen molar-refractivity contribution in [1.29, 1.82) is 5.26 Å². The molecule has 0 aromatic carbocycles. The van der Waals surface area contributed by atoms with Gasteiger partial charge in [-0.3, -0.25) is 10.1 Å². The lowest BCUT2D eigenvalue weighted by molar-refractivity contribution is -0.418. The van der Waals surface area contributed by atoms with E-state index in [0.717, 1.165) is 0 Å². The average molecular weight is 183 g/mol. The van der Waals surface area contributed by atoms with Gasteiger partial charge in [0, 0.05) is 13.1 Å². The largest absolute Gasteiger partial charge is 0.378 e. The molecule has 1 rings (SSSR count). The molecule has 0 aromatic rings. The summed E-state index contributed by atoms with van der Waals surface area (Å²) >= 11 is 0. The van der Waals surface area contributed by atoms with Crippen molar-refractivity contribution in [2.75, 3.05) is 26.3 Å². The number of rotatable bonds is 2. The normalized spacial score (nSPS) is 18.1. The van der Waals surface area contributed by atoms with Crippen molar-refractivity contribution < 1.29 is 9.66 Å². The van der Waals surface area contributed by atoms with E-state index >= 15 is 0 Å². The first-order chi connectivity index (χ1) is 6.24. The standard InChI is InChI=1S/C7H9N3O3/c8-5-7(10(11)12)6-9-1-3-13-4-2-9/h6H,1-4H2/b7-6+. The van der Waals surface area contributed by atoms with Gasteiger partial charge in [-0.2, -0.15) is 5.26 Å². The van der Waals surface area contributed by atoms with Crippen LogP contribution in [0.3, 0.4) is 0 Å². The minimum absolute atomic E-state index is 0.429. The second-order valence-corrected chi connectivity index (χ2v) is 2.53. The van der Waals surface area contributed by atoms with Crippen molar-refractivity contribution in [3.05, 3.63) is 22.0 Å². The lowest BCUT2D eigenvalue weighted by Crippen LogP contribution is -2.32. The third kappa shape index (κ3) is 2.72. The van der Waals surface area contributed by atoms with Gasteiger partial charge in [-0.25, -0.2) is 0 Å². The third-order valence-electron chi connectivity index (χ3n) is 1.66. The van der Waals surface area contributed by atoms with Crippen LogP contribution in [-0.2, 0) is 4.74 Å². The second kappa shape index (κ2) is 4.42. The number of allylic oxidation sites excluding steroid dienone is 1. The van der Waals surface area contributed by atoms with E-state index in [1.54, 1.807) is 4.90 Å². The van der Waals surface area contributed by atoms with Crippen LogP contribution < -0.4 is 0 Å². The molecular formula is C7H9N3O3. The first-order valence-electron chi connectivity index (χ1n) is 3.82. The molecule has 0 aromatic heterocycles. The number of hydrogen-bond acceptors (Lipinski definition) is 5. The van der Waals surface area contributed by atoms with Crippen LogP contribution in [-0.4, -0.2) is 36.1 Å². The lowest BCUT2D eigenvalue weighted by atomic mass is 10.4. The van der Waals surface area contributed by atoms with Crippen molar-refractivity contribution in [3.63, 3.8) is 0 Å². The Labute approximate surface area is 75.2 Å². The van der Waals surface area contributed by atoms with E-state index < -0.39 is 10.6 Å². The van der Waals surface area contributed by atoms with Gasteiger partial charge in [0.05, 0.1) is 24.3 Å². The fourth-order valence-electron chi connectivity index (χ4n) is 0.996. The zero-order valence-electron chi connectivity index (χ0n) is 6.97. The summed E-state index contributed by atoms with van der Waals surface area (Å²) in [5.41, 5.74) is -0.429. The zero-order valence-corrected chi connectivity index (χ0v) is 6.97. The summed E-state index contributed by atoms with van der Waals surface area (Å²) in [6.45, 7) is 2.29. The monoisotopic (exact) mass is 183 g/mol. The quantitative estimate of drug-likeness (QED) is 0.341. The summed E-state index contributed by atoms with van der Waals surface area (Å²) < 4.78 is 5.05. The Morgan fingerprint density at radius 1 is 1.62 bits per heavy atom. The van der Waals surface area contributed by atoms with Crippen LogP contribution in [0.25, 0.3) is 0 Å². The highest BCUT2D eigenvalue weighted by Gasteiger charge is 2.13. The van der Waals surface area contributed by atoms with Gasteiger partial charge in [0.25, 0.3) is 0 Å². The van der Waals surface area contributed by atoms with Crippen LogP contribution in [0.2, 0.25) is 0 Å². The molecule has 0 atom stereocenters. The Hall–Kier alpha value is -1.61. The molecule has 0 radical (unpaired) electrons. The molecule has 13 heavy (non-hydrogen) atoms. The molecule has 0 spiro atoms. The first kappa shape index (κ1) is 9.48. The van der Waals surface area contributed by atoms with Gasteiger partial charge in [0.1, 0.15) is 0 Å². The number of nitriles is 1. The summed E-state index contributed by atoms with van der Waals surface area (Å²) in [7, 11) is 0. The van der Waals surface area contributed by atoms with Crippen LogP contribution in [0.4, 0.5) is 0 Å². The Kier molecular flexibility index (Phi) is 3.23. The van der Waals surface area contributed by atoms with Gasteiger partial charge >= 0.3 is 5.70 Å². The molecule has 1 fully saturated rings. The minimum Gasteiger partial charge on any atom is -0.378 e. The maximum atomic E-state index is 10.3. The van der Waals surface area contributed by atoms with Crippen LogP contribution in [0, 0.1) is 21.4 Å². The second-order valence-electron chi connectivity index (χ2n) is 2.53. The summed E-state index contributed by atoms with van der Waals surface area (Å²) in [6.07, 6.45) is 1.27. The van der Waals surface area contributed by atoms with Gasteiger partial charge in [0.2, 0.25) is 0 Å². The smallest absolute Gasteiger partial charge is 0.361 e. The SMILES string of the molecule is N#C/C(=C\N1CCOCC1)[N+](=O)[O-]. The molecule has 0 amide bonds. The molecule has 6 heteroatoms. The van der Waals surface area contributed by atoms with Gasteiger partial charge in [-0.1, -0.05) is 0 Å². The molecule has 6 nitrogen and oxygen atoms in total. The highest BCUT2D eigenvalue weighted by Crippen LogP contribution is 2.01. The Bertz CT molecular complexity index is 263. The van der Waals surface area contributed by atoms with Crippen LogP contribution >= 0.6 is 0 Å². The van der Waals surface area contributed by atoms with E-state index in [0.29, 0.717) is 26.3 Å². The van der Waals surface area contributed by atoms with Gasteiger partial charge in [-0.05, 0) is 0 Å². The maximum absolute atomic E-state index is 10.3. The molecule has 0 N–H and O–H groups in total. The lowest BCUT2D eigenvalue weighted by Gasteiger charge is -2.24. The van der Waals surface area contributed by atoms with E-state index in [1.807, 2.05) is 0 Å². The van der Waals surface area contributed by atoms with E-state index in [2.05, 4.69) is 0 Å². The van der Waals surface area contributed by atoms with E-state index in [4.69, 9.17) is 10.00 Å². The molecular weight excluding hydrogens is 174 g/mol. The Morgan fingerprint density at radius 2 is 2.23 bits per heavy atom. The Balaban J connectivity index is 2.61. The number of morpholine rings is 1. The summed E-state index contributed by atoms with van der Waals surface area (Å²) in [6, 6.07) is 1.53. The van der Waals surface area contributed by atoms with Crippen molar-refractivity contribution >= 4 is 0 Å². The number of ether oxygens (including phenoxy) is 1. The first-order valence-corrected chi connectivity index (χ1v) is 3.82.